The molecule has 1 atom stereocenters. The number of halogens is 1. The van der Waals surface area contributed by atoms with E-state index in [1.807, 2.05) is 38.1 Å². The molecule has 0 fully saturated rings. The Bertz CT molecular complexity index is 842. The second kappa shape index (κ2) is 12.8. The molecule has 0 aromatic heterocycles. The summed E-state index contributed by atoms with van der Waals surface area (Å²) in [6.07, 6.45) is 1.36. The Morgan fingerprint density at radius 1 is 1.10 bits per heavy atom. The third kappa shape index (κ3) is 7.79. The van der Waals surface area contributed by atoms with Gasteiger partial charge < -0.3 is 19.7 Å². The molecule has 2 aromatic carbocycles. The lowest BCUT2D eigenvalue weighted by Gasteiger charge is -2.30. The summed E-state index contributed by atoms with van der Waals surface area (Å²) in [6, 6.07) is 14.1. The number of hydrogen-bond donors (Lipinski definition) is 1. The topological polar surface area (TPSA) is 67.9 Å². The van der Waals surface area contributed by atoms with Gasteiger partial charge in [0, 0.05) is 24.5 Å². The minimum Gasteiger partial charge on any atom is -0.497 e. The summed E-state index contributed by atoms with van der Waals surface area (Å²) in [5, 5.41) is 3.49. The number of rotatable bonds is 12. The number of hydrogen-bond acceptors (Lipinski definition) is 4. The summed E-state index contributed by atoms with van der Waals surface area (Å²) >= 11 is 5.88. The first-order valence-electron chi connectivity index (χ1n) is 10.6. The van der Waals surface area contributed by atoms with Gasteiger partial charge in [-0.05, 0) is 61.7 Å². The first-order chi connectivity index (χ1) is 15.0. The van der Waals surface area contributed by atoms with Crippen LogP contribution in [-0.2, 0) is 16.1 Å². The van der Waals surface area contributed by atoms with Crippen molar-refractivity contribution in [3.05, 3.63) is 59.1 Å². The number of benzene rings is 2. The smallest absolute Gasteiger partial charge is 0.242 e. The Balaban J connectivity index is 2.05. The van der Waals surface area contributed by atoms with Crippen molar-refractivity contribution in [1.29, 1.82) is 0 Å². The molecule has 0 radical (unpaired) electrons. The van der Waals surface area contributed by atoms with E-state index in [1.54, 1.807) is 36.3 Å². The number of carbonyl (C=O) groups is 2. The Hall–Kier alpha value is -2.73. The average Bonchev–Trinajstić information content (AvgIpc) is 2.78. The van der Waals surface area contributed by atoms with E-state index >= 15 is 0 Å². The number of ether oxygens (including phenoxy) is 2. The number of amides is 2. The van der Waals surface area contributed by atoms with E-state index in [2.05, 4.69) is 5.32 Å². The fourth-order valence-electron chi connectivity index (χ4n) is 3.27. The number of likely N-dealkylation sites (N-methyl/N-ethyl adjacent to an activating group) is 1. The summed E-state index contributed by atoms with van der Waals surface area (Å²) in [7, 11) is 1.60. The van der Waals surface area contributed by atoms with E-state index in [0.717, 1.165) is 5.56 Å². The zero-order valence-corrected chi connectivity index (χ0v) is 19.2. The van der Waals surface area contributed by atoms with Gasteiger partial charge in [0.2, 0.25) is 11.8 Å². The molecule has 0 saturated carbocycles. The van der Waals surface area contributed by atoms with Gasteiger partial charge in [0.1, 0.15) is 17.5 Å². The molecule has 0 bridgehead atoms. The van der Waals surface area contributed by atoms with Crippen molar-refractivity contribution >= 4 is 23.4 Å². The van der Waals surface area contributed by atoms with E-state index in [4.69, 9.17) is 21.1 Å². The second-order valence-electron chi connectivity index (χ2n) is 7.10. The Labute approximate surface area is 189 Å². The molecule has 0 aliphatic rings. The van der Waals surface area contributed by atoms with Crippen LogP contribution in [0.2, 0.25) is 5.02 Å². The number of methoxy groups -OCH3 is 1. The van der Waals surface area contributed by atoms with Crippen molar-refractivity contribution in [2.24, 2.45) is 0 Å². The van der Waals surface area contributed by atoms with Gasteiger partial charge in [0.25, 0.3) is 0 Å². The number of nitrogens with one attached hydrogen (secondary N) is 1. The molecular formula is C24H31ClN2O4. The minimum atomic E-state index is -0.532. The third-order valence-electron chi connectivity index (χ3n) is 4.84. The van der Waals surface area contributed by atoms with Crippen LogP contribution in [0.5, 0.6) is 11.5 Å². The highest BCUT2D eigenvalue weighted by Gasteiger charge is 2.28. The van der Waals surface area contributed by atoms with Gasteiger partial charge in [-0.3, -0.25) is 9.59 Å². The maximum absolute atomic E-state index is 13.1. The third-order valence-corrected chi connectivity index (χ3v) is 5.09. The SMILES string of the molecule is CCNC(=O)C(CC)N(Cc1cccc(OC)c1)C(=O)CCCOc1ccc(Cl)cc1. The van der Waals surface area contributed by atoms with Crippen LogP contribution < -0.4 is 14.8 Å². The quantitative estimate of drug-likeness (QED) is 0.489. The Morgan fingerprint density at radius 3 is 2.48 bits per heavy atom. The highest BCUT2D eigenvalue weighted by molar-refractivity contribution is 6.30. The molecule has 7 heteroatoms. The molecule has 0 saturated heterocycles. The van der Waals surface area contributed by atoms with Crippen LogP contribution >= 0.6 is 11.6 Å². The predicted molar refractivity (Wildman–Crippen MR) is 122 cm³/mol. The summed E-state index contributed by atoms with van der Waals surface area (Å²) in [5.74, 6) is 1.20. The molecule has 2 rings (SSSR count). The van der Waals surface area contributed by atoms with Crippen LogP contribution in [0.4, 0.5) is 0 Å². The van der Waals surface area contributed by atoms with E-state index in [9.17, 15) is 9.59 Å². The normalized spacial score (nSPS) is 11.5. The fourth-order valence-corrected chi connectivity index (χ4v) is 3.39. The first kappa shape index (κ1) is 24.5. The van der Waals surface area contributed by atoms with E-state index in [0.29, 0.717) is 49.1 Å². The largest absolute Gasteiger partial charge is 0.497 e. The van der Waals surface area contributed by atoms with Crippen LogP contribution in [0.15, 0.2) is 48.5 Å². The van der Waals surface area contributed by atoms with Crippen LogP contribution in [-0.4, -0.2) is 43.0 Å². The van der Waals surface area contributed by atoms with Crippen molar-refractivity contribution in [3.8, 4) is 11.5 Å². The highest BCUT2D eigenvalue weighted by atomic mass is 35.5. The van der Waals surface area contributed by atoms with E-state index < -0.39 is 6.04 Å². The number of nitrogens with zero attached hydrogens (tertiary/aromatic N) is 1. The van der Waals surface area contributed by atoms with Gasteiger partial charge in [0.15, 0.2) is 0 Å². The maximum Gasteiger partial charge on any atom is 0.242 e. The van der Waals surface area contributed by atoms with Crippen molar-refractivity contribution in [1.82, 2.24) is 10.2 Å². The van der Waals surface area contributed by atoms with Crippen LogP contribution in [0.25, 0.3) is 0 Å². The molecule has 0 aliphatic heterocycles. The van der Waals surface area contributed by atoms with Gasteiger partial charge in [-0.1, -0.05) is 30.7 Å². The highest BCUT2D eigenvalue weighted by Crippen LogP contribution is 2.19. The molecule has 2 aromatic rings. The van der Waals surface area contributed by atoms with Gasteiger partial charge in [-0.15, -0.1) is 0 Å². The molecule has 6 nitrogen and oxygen atoms in total. The molecule has 2 amide bonds. The van der Waals surface area contributed by atoms with Gasteiger partial charge in [-0.2, -0.15) is 0 Å². The van der Waals surface area contributed by atoms with Gasteiger partial charge in [-0.25, -0.2) is 0 Å². The summed E-state index contributed by atoms with van der Waals surface area (Å²) in [5.41, 5.74) is 0.910. The molecular weight excluding hydrogens is 416 g/mol. The van der Waals surface area contributed by atoms with Crippen LogP contribution in [0.3, 0.4) is 0 Å². The monoisotopic (exact) mass is 446 g/mol. The lowest BCUT2D eigenvalue weighted by Crippen LogP contribution is -2.49. The molecule has 31 heavy (non-hydrogen) atoms. The summed E-state index contributed by atoms with van der Waals surface area (Å²) in [6.45, 7) is 5.04. The lowest BCUT2D eigenvalue weighted by molar-refractivity contribution is -0.141. The van der Waals surface area contributed by atoms with Crippen molar-refractivity contribution in [2.45, 2.75) is 45.7 Å². The molecule has 1 unspecified atom stereocenters. The second-order valence-corrected chi connectivity index (χ2v) is 7.53. The fraction of sp³-hybridized carbons (Fsp3) is 0.417. The maximum atomic E-state index is 13.1. The van der Waals surface area contributed by atoms with Crippen LogP contribution in [0, 0.1) is 0 Å². The van der Waals surface area contributed by atoms with Crippen molar-refractivity contribution in [2.75, 3.05) is 20.3 Å². The number of carbonyl (C=O) groups excluding carboxylic acids is 2. The first-order valence-corrected chi connectivity index (χ1v) is 10.9. The van der Waals surface area contributed by atoms with Gasteiger partial charge >= 0.3 is 0 Å². The Morgan fingerprint density at radius 2 is 1.84 bits per heavy atom. The summed E-state index contributed by atoms with van der Waals surface area (Å²) in [4.78, 5) is 27.4. The van der Waals surface area contributed by atoms with E-state index in [1.165, 1.54) is 0 Å². The molecule has 0 spiro atoms. The van der Waals surface area contributed by atoms with E-state index in [-0.39, 0.29) is 18.2 Å². The lowest BCUT2D eigenvalue weighted by atomic mass is 10.1. The van der Waals surface area contributed by atoms with Crippen molar-refractivity contribution in [3.63, 3.8) is 0 Å². The zero-order valence-electron chi connectivity index (χ0n) is 18.4. The minimum absolute atomic E-state index is 0.0828. The Kier molecular flexibility index (Phi) is 10.2. The predicted octanol–water partition coefficient (Wildman–Crippen LogP) is 4.45. The molecule has 0 heterocycles. The molecule has 1 N–H and O–H groups in total. The zero-order chi connectivity index (χ0) is 22.6. The molecule has 0 aliphatic carbocycles. The van der Waals surface area contributed by atoms with Crippen molar-refractivity contribution < 1.29 is 19.1 Å². The van der Waals surface area contributed by atoms with Crippen LogP contribution in [0.1, 0.15) is 38.7 Å². The standard InChI is InChI=1S/C24H31ClN2O4/c1-4-22(24(29)26-5-2)27(17-18-8-6-9-21(16-18)30-3)23(28)10-7-15-31-20-13-11-19(25)12-14-20/h6,8-9,11-14,16,22H,4-5,7,10,15,17H2,1-3H3,(H,26,29). The van der Waals surface area contributed by atoms with Gasteiger partial charge in [0.05, 0.1) is 13.7 Å². The average molecular weight is 447 g/mol. The summed E-state index contributed by atoms with van der Waals surface area (Å²) < 4.78 is 11.0. The molecule has 168 valence electrons.